The maximum absolute atomic E-state index is 12.0. The van der Waals surface area contributed by atoms with E-state index in [0.29, 0.717) is 12.5 Å². The Bertz CT molecular complexity index is 523. The molecule has 0 amide bonds. The summed E-state index contributed by atoms with van der Waals surface area (Å²) in [6.45, 7) is 2.66. The van der Waals surface area contributed by atoms with Gasteiger partial charge in [-0.25, -0.2) is 13.1 Å². The van der Waals surface area contributed by atoms with Crippen LogP contribution in [0.25, 0.3) is 0 Å². The highest BCUT2D eigenvalue weighted by atomic mass is 32.2. The topological polar surface area (TPSA) is 78.1 Å². The fourth-order valence-corrected chi connectivity index (χ4v) is 4.35. The van der Waals surface area contributed by atoms with Gasteiger partial charge in [0.2, 0.25) is 10.0 Å². The van der Waals surface area contributed by atoms with Gasteiger partial charge in [-0.05, 0) is 31.7 Å². The number of aromatic amines is 1. The van der Waals surface area contributed by atoms with Gasteiger partial charge in [0, 0.05) is 25.3 Å². The van der Waals surface area contributed by atoms with Crippen molar-refractivity contribution in [1.29, 1.82) is 0 Å². The van der Waals surface area contributed by atoms with Gasteiger partial charge in [-0.2, -0.15) is 5.10 Å². The van der Waals surface area contributed by atoms with E-state index >= 15 is 0 Å². The molecule has 0 bridgehead atoms. The predicted molar refractivity (Wildman–Crippen MR) is 75.7 cm³/mol. The van der Waals surface area contributed by atoms with E-state index in [9.17, 15) is 8.42 Å². The van der Waals surface area contributed by atoms with Crippen molar-refractivity contribution >= 4 is 10.0 Å². The molecule has 7 heteroatoms. The molecule has 1 aliphatic heterocycles. The fraction of sp³-hybridized carbons (Fsp3) is 0.769. The molecule has 0 unspecified atom stereocenters. The molecule has 0 spiro atoms. The zero-order valence-corrected chi connectivity index (χ0v) is 12.4. The van der Waals surface area contributed by atoms with Gasteiger partial charge >= 0.3 is 0 Å². The van der Waals surface area contributed by atoms with Crippen LogP contribution in [0.4, 0.5) is 0 Å². The van der Waals surface area contributed by atoms with Crippen molar-refractivity contribution < 1.29 is 8.42 Å². The number of aromatic nitrogens is 2. The molecule has 1 aromatic rings. The quantitative estimate of drug-likeness (QED) is 0.848. The second-order valence-electron chi connectivity index (χ2n) is 5.87. The SMILES string of the molecule is O=S(=O)(NC[C@H]1CCN(C2CCCC2)C1)c1cn[nH]c1. The van der Waals surface area contributed by atoms with Crippen LogP contribution in [-0.4, -0.2) is 49.2 Å². The Hall–Kier alpha value is -0.920. The lowest BCUT2D eigenvalue weighted by atomic mass is 10.1. The highest BCUT2D eigenvalue weighted by molar-refractivity contribution is 7.89. The minimum absolute atomic E-state index is 0.211. The normalized spacial score (nSPS) is 25.5. The van der Waals surface area contributed by atoms with E-state index in [0.717, 1.165) is 25.6 Å². The Kier molecular flexibility index (Phi) is 4.09. The van der Waals surface area contributed by atoms with Crippen LogP contribution in [0.5, 0.6) is 0 Å². The summed E-state index contributed by atoms with van der Waals surface area (Å²) < 4.78 is 26.7. The first-order valence-electron chi connectivity index (χ1n) is 7.37. The van der Waals surface area contributed by atoms with Gasteiger partial charge < -0.3 is 4.90 Å². The number of hydrogen-bond acceptors (Lipinski definition) is 4. The summed E-state index contributed by atoms with van der Waals surface area (Å²) in [5, 5.41) is 6.21. The van der Waals surface area contributed by atoms with Crippen molar-refractivity contribution in [1.82, 2.24) is 19.8 Å². The zero-order chi connectivity index (χ0) is 14.0. The number of rotatable bonds is 5. The Morgan fingerprint density at radius 3 is 2.85 bits per heavy atom. The van der Waals surface area contributed by atoms with Crippen molar-refractivity contribution in [3.8, 4) is 0 Å². The molecule has 1 saturated carbocycles. The largest absolute Gasteiger partial charge is 0.300 e. The number of H-pyrrole nitrogens is 1. The molecule has 3 rings (SSSR count). The number of nitrogens with one attached hydrogen (secondary N) is 2. The molecule has 112 valence electrons. The van der Waals surface area contributed by atoms with Crippen LogP contribution in [0.3, 0.4) is 0 Å². The lowest BCUT2D eigenvalue weighted by Crippen LogP contribution is -2.34. The van der Waals surface area contributed by atoms with Gasteiger partial charge in [0.15, 0.2) is 0 Å². The Morgan fingerprint density at radius 2 is 2.15 bits per heavy atom. The van der Waals surface area contributed by atoms with E-state index in [1.54, 1.807) is 0 Å². The summed E-state index contributed by atoms with van der Waals surface area (Å²) in [5.74, 6) is 0.428. The van der Waals surface area contributed by atoms with Crippen LogP contribution in [0.1, 0.15) is 32.1 Å². The van der Waals surface area contributed by atoms with Crippen molar-refractivity contribution in [2.24, 2.45) is 5.92 Å². The summed E-state index contributed by atoms with van der Waals surface area (Å²) in [6.07, 6.45) is 9.15. The van der Waals surface area contributed by atoms with E-state index < -0.39 is 10.0 Å². The van der Waals surface area contributed by atoms with E-state index in [1.807, 2.05) is 0 Å². The molecule has 2 aliphatic rings. The molecule has 1 atom stereocenters. The molecular weight excluding hydrogens is 276 g/mol. The van der Waals surface area contributed by atoms with E-state index in [-0.39, 0.29) is 4.90 Å². The van der Waals surface area contributed by atoms with Gasteiger partial charge in [-0.15, -0.1) is 0 Å². The molecule has 2 fully saturated rings. The summed E-state index contributed by atoms with van der Waals surface area (Å²) in [6, 6.07) is 0.741. The Balaban J connectivity index is 1.50. The molecule has 1 aromatic heterocycles. The number of hydrogen-bond donors (Lipinski definition) is 2. The monoisotopic (exact) mass is 298 g/mol. The van der Waals surface area contributed by atoms with Gasteiger partial charge in [-0.3, -0.25) is 5.10 Å². The van der Waals surface area contributed by atoms with Crippen LogP contribution >= 0.6 is 0 Å². The third-order valence-electron chi connectivity index (χ3n) is 4.50. The number of sulfonamides is 1. The van der Waals surface area contributed by atoms with Crippen LogP contribution in [0, 0.1) is 5.92 Å². The molecule has 0 aromatic carbocycles. The van der Waals surface area contributed by atoms with Crippen LogP contribution in [0.15, 0.2) is 17.3 Å². The second-order valence-corrected chi connectivity index (χ2v) is 7.64. The lowest BCUT2D eigenvalue weighted by molar-refractivity contribution is 0.237. The lowest BCUT2D eigenvalue weighted by Gasteiger charge is -2.23. The Labute approximate surface area is 120 Å². The smallest absolute Gasteiger partial charge is 0.243 e. The fourth-order valence-electron chi connectivity index (χ4n) is 3.33. The molecule has 1 aliphatic carbocycles. The highest BCUT2D eigenvalue weighted by Crippen LogP contribution is 2.28. The van der Waals surface area contributed by atoms with Crippen LogP contribution in [0.2, 0.25) is 0 Å². The van der Waals surface area contributed by atoms with E-state index in [2.05, 4.69) is 19.8 Å². The third-order valence-corrected chi connectivity index (χ3v) is 5.89. The minimum atomic E-state index is -3.40. The maximum atomic E-state index is 12.0. The summed E-state index contributed by atoms with van der Waals surface area (Å²) in [5.41, 5.74) is 0. The van der Waals surface area contributed by atoms with Crippen molar-refractivity contribution in [2.45, 2.75) is 43.0 Å². The molecule has 2 N–H and O–H groups in total. The highest BCUT2D eigenvalue weighted by Gasteiger charge is 2.30. The molecule has 6 nitrogen and oxygen atoms in total. The van der Waals surface area contributed by atoms with E-state index in [4.69, 9.17) is 0 Å². The predicted octanol–water partition coefficient (Wildman–Crippen LogP) is 0.952. The number of likely N-dealkylation sites (tertiary alicyclic amines) is 1. The molecular formula is C13H22N4O2S. The van der Waals surface area contributed by atoms with Crippen molar-refractivity contribution in [2.75, 3.05) is 19.6 Å². The zero-order valence-electron chi connectivity index (χ0n) is 11.6. The summed E-state index contributed by atoms with van der Waals surface area (Å²) in [4.78, 5) is 2.76. The van der Waals surface area contributed by atoms with Crippen LogP contribution < -0.4 is 4.72 Å². The summed E-state index contributed by atoms with van der Waals surface area (Å²) >= 11 is 0. The van der Waals surface area contributed by atoms with Gasteiger partial charge in [0.25, 0.3) is 0 Å². The van der Waals surface area contributed by atoms with Gasteiger partial charge in [0.1, 0.15) is 4.90 Å². The second kappa shape index (κ2) is 5.83. The molecule has 1 saturated heterocycles. The van der Waals surface area contributed by atoms with E-state index in [1.165, 1.54) is 38.1 Å². The molecule has 2 heterocycles. The van der Waals surface area contributed by atoms with Crippen molar-refractivity contribution in [3.05, 3.63) is 12.4 Å². The van der Waals surface area contributed by atoms with Gasteiger partial charge in [0.05, 0.1) is 6.20 Å². The molecule has 0 radical (unpaired) electrons. The average Bonchev–Trinajstić information content (AvgIpc) is 3.16. The Morgan fingerprint density at radius 1 is 1.35 bits per heavy atom. The first-order valence-corrected chi connectivity index (χ1v) is 8.86. The standard InChI is InChI=1S/C13H22N4O2S/c18-20(19,13-8-14-15-9-13)16-7-11-5-6-17(10-11)12-3-1-2-4-12/h8-9,11-12,16H,1-7,10H2,(H,14,15)/t11-/m1/s1. The number of nitrogens with zero attached hydrogens (tertiary/aromatic N) is 2. The van der Waals surface area contributed by atoms with Gasteiger partial charge in [-0.1, -0.05) is 12.8 Å². The summed E-state index contributed by atoms with van der Waals surface area (Å²) in [7, 11) is -3.40. The third kappa shape index (κ3) is 3.05. The van der Waals surface area contributed by atoms with Crippen molar-refractivity contribution in [3.63, 3.8) is 0 Å². The first kappa shape index (κ1) is 14.0. The molecule has 20 heavy (non-hydrogen) atoms. The first-order chi connectivity index (χ1) is 9.65. The average molecular weight is 298 g/mol. The minimum Gasteiger partial charge on any atom is -0.300 e. The van der Waals surface area contributed by atoms with Crippen LogP contribution in [-0.2, 0) is 10.0 Å². The maximum Gasteiger partial charge on any atom is 0.243 e.